The summed E-state index contributed by atoms with van der Waals surface area (Å²) in [6.45, 7) is 4.93. The maximum atomic E-state index is 13.2. The zero-order valence-electron chi connectivity index (χ0n) is 15.2. The molecule has 1 aliphatic carbocycles. The summed E-state index contributed by atoms with van der Waals surface area (Å²) < 4.78 is 11.2. The van der Waals surface area contributed by atoms with E-state index in [2.05, 4.69) is 5.32 Å². The quantitative estimate of drug-likeness (QED) is 0.725. The van der Waals surface area contributed by atoms with Crippen molar-refractivity contribution in [3.05, 3.63) is 53.1 Å². The van der Waals surface area contributed by atoms with Crippen LogP contribution in [0.2, 0.25) is 5.02 Å². The monoisotopic (exact) mass is 373 g/mol. The van der Waals surface area contributed by atoms with Crippen molar-refractivity contribution in [2.45, 2.75) is 38.5 Å². The minimum atomic E-state index is -0.532. The van der Waals surface area contributed by atoms with Crippen LogP contribution in [0.4, 0.5) is 5.69 Å². The number of halogens is 1. The van der Waals surface area contributed by atoms with Gasteiger partial charge in [0.05, 0.1) is 24.3 Å². The number of benzene rings is 2. The van der Waals surface area contributed by atoms with Gasteiger partial charge in [-0.3, -0.25) is 4.79 Å². The number of hydrogen-bond donors (Lipinski definition) is 1. The molecule has 0 aliphatic heterocycles. The lowest BCUT2D eigenvalue weighted by molar-refractivity contribution is -0.124. The number of hydrogen-bond acceptors (Lipinski definition) is 3. The van der Waals surface area contributed by atoms with E-state index in [1.165, 1.54) is 0 Å². The van der Waals surface area contributed by atoms with Crippen LogP contribution in [0.15, 0.2) is 42.5 Å². The first-order chi connectivity index (χ1) is 12.6. The maximum absolute atomic E-state index is 13.2. The Balaban J connectivity index is 1.89. The number of carbonyl (C=O) groups excluding carboxylic acids is 1. The highest BCUT2D eigenvalue weighted by atomic mass is 35.5. The fourth-order valence-corrected chi connectivity index (χ4v) is 3.54. The van der Waals surface area contributed by atoms with Crippen LogP contribution >= 0.6 is 11.6 Å². The average Bonchev–Trinajstić information content (AvgIpc) is 2.57. The molecule has 5 heteroatoms. The molecule has 0 heterocycles. The first-order valence-corrected chi connectivity index (χ1v) is 9.44. The number of amides is 1. The SMILES string of the molecule is CCOc1ccc(OCC)c(NC(=O)C2(c3cccc(Cl)c3)CCC2)c1. The molecule has 0 radical (unpaired) electrons. The largest absolute Gasteiger partial charge is 0.494 e. The second kappa shape index (κ2) is 8.00. The van der Waals surface area contributed by atoms with Crippen molar-refractivity contribution in [3.8, 4) is 11.5 Å². The Labute approximate surface area is 159 Å². The summed E-state index contributed by atoms with van der Waals surface area (Å²) in [6, 6.07) is 13.1. The zero-order valence-corrected chi connectivity index (χ0v) is 15.9. The van der Waals surface area contributed by atoms with Gasteiger partial charge in [-0.05, 0) is 56.5 Å². The van der Waals surface area contributed by atoms with Gasteiger partial charge in [0, 0.05) is 11.1 Å². The van der Waals surface area contributed by atoms with Gasteiger partial charge in [-0.25, -0.2) is 0 Å². The van der Waals surface area contributed by atoms with Gasteiger partial charge in [-0.15, -0.1) is 0 Å². The van der Waals surface area contributed by atoms with Gasteiger partial charge in [0.1, 0.15) is 11.5 Å². The average molecular weight is 374 g/mol. The van der Waals surface area contributed by atoms with Crippen molar-refractivity contribution in [3.63, 3.8) is 0 Å². The fourth-order valence-electron chi connectivity index (χ4n) is 3.35. The Morgan fingerprint density at radius 1 is 1.12 bits per heavy atom. The molecule has 1 N–H and O–H groups in total. The smallest absolute Gasteiger partial charge is 0.235 e. The van der Waals surface area contributed by atoms with E-state index in [1.807, 2.05) is 56.3 Å². The van der Waals surface area contributed by atoms with Gasteiger partial charge in [0.2, 0.25) is 5.91 Å². The van der Waals surface area contributed by atoms with Gasteiger partial charge in [0.25, 0.3) is 0 Å². The van der Waals surface area contributed by atoms with Crippen LogP contribution in [-0.2, 0) is 10.2 Å². The van der Waals surface area contributed by atoms with Gasteiger partial charge in [-0.2, -0.15) is 0 Å². The molecular weight excluding hydrogens is 350 g/mol. The van der Waals surface area contributed by atoms with E-state index in [0.717, 1.165) is 24.8 Å². The summed E-state index contributed by atoms with van der Waals surface area (Å²) in [5.41, 5.74) is 1.07. The number of nitrogens with one attached hydrogen (secondary N) is 1. The normalized spacial score (nSPS) is 15.0. The number of anilines is 1. The van der Waals surface area contributed by atoms with Crippen molar-refractivity contribution < 1.29 is 14.3 Å². The van der Waals surface area contributed by atoms with Crippen molar-refractivity contribution in [2.75, 3.05) is 18.5 Å². The molecule has 2 aromatic carbocycles. The molecule has 0 aromatic heterocycles. The maximum Gasteiger partial charge on any atom is 0.235 e. The predicted octanol–water partition coefficient (Wildman–Crippen LogP) is 5.20. The van der Waals surface area contributed by atoms with E-state index in [0.29, 0.717) is 35.4 Å². The lowest BCUT2D eigenvalue weighted by Crippen LogP contribution is -2.46. The molecule has 26 heavy (non-hydrogen) atoms. The van der Waals surface area contributed by atoms with E-state index >= 15 is 0 Å². The molecule has 3 rings (SSSR count). The highest BCUT2D eigenvalue weighted by Gasteiger charge is 2.45. The third-order valence-corrected chi connectivity index (χ3v) is 5.06. The van der Waals surface area contributed by atoms with Crippen molar-refractivity contribution in [1.29, 1.82) is 0 Å². The van der Waals surface area contributed by atoms with E-state index < -0.39 is 5.41 Å². The molecule has 0 saturated heterocycles. The molecule has 4 nitrogen and oxygen atoms in total. The van der Waals surface area contributed by atoms with Crippen molar-refractivity contribution in [2.24, 2.45) is 0 Å². The van der Waals surface area contributed by atoms with Crippen LogP contribution in [0, 0.1) is 0 Å². The molecule has 1 fully saturated rings. The predicted molar refractivity (Wildman–Crippen MR) is 104 cm³/mol. The minimum Gasteiger partial charge on any atom is -0.494 e. The van der Waals surface area contributed by atoms with Gasteiger partial charge in [-0.1, -0.05) is 30.2 Å². The topological polar surface area (TPSA) is 47.6 Å². The van der Waals surface area contributed by atoms with E-state index in [4.69, 9.17) is 21.1 Å². The molecule has 1 saturated carbocycles. The molecule has 0 atom stereocenters. The molecule has 2 aromatic rings. The molecule has 1 amide bonds. The fraction of sp³-hybridized carbons (Fsp3) is 0.381. The van der Waals surface area contributed by atoms with Crippen LogP contribution in [0.3, 0.4) is 0 Å². The molecule has 138 valence electrons. The summed E-state index contributed by atoms with van der Waals surface area (Å²) in [5.74, 6) is 1.32. The molecule has 1 aliphatic rings. The van der Waals surface area contributed by atoms with Gasteiger partial charge >= 0.3 is 0 Å². The Morgan fingerprint density at radius 3 is 2.50 bits per heavy atom. The number of carbonyl (C=O) groups is 1. The van der Waals surface area contributed by atoms with Crippen molar-refractivity contribution in [1.82, 2.24) is 0 Å². The van der Waals surface area contributed by atoms with Crippen molar-refractivity contribution >= 4 is 23.2 Å². The Hall–Kier alpha value is -2.20. The molecule has 0 unspecified atom stereocenters. The first-order valence-electron chi connectivity index (χ1n) is 9.06. The second-order valence-electron chi connectivity index (χ2n) is 6.42. The standard InChI is InChI=1S/C21H24ClNO3/c1-3-25-17-9-10-19(26-4-2)18(14-17)23-20(24)21(11-6-12-21)15-7-5-8-16(22)13-15/h5,7-10,13-14H,3-4,6,11-12H2,1-2H3,(H,23,24). The summed E-state index contributed by atoms with van der Waals surface area (Å²) in [7, 11) is 0. The first kappa shape index (κ1) is 18.6. The van der Waals surface area contributed by atoms with Crippen LogP contribution < -0.4 is 14.8 Å². The summed E-state index contributed by atoms with van der Waals surface area (Å²) in [6.07, 6.45) is 2.65. The third-order valence-electron chi connectivity index (χ3n) is 4.83. The Morgan fingerprint density at radius 2 is 1.88 bits per heavy atom. The highest BCUT2D eigenvalue weighted by molar-refractivity contribution is 6.30. The van der Waals surface area contributed by atoms with E-state index in [9.17, 15) is 4.79 Å². The van der Waals surface area contributed by atoms with Gasteiger partial charge in [0.15, 0.2) is 0 Å². The van der Waals surface area contributed by atoms with Crippen LogP contribution in [0.5, 0.6) is 11.5 Å². The van der Waals surface area contributed by atoms with Crippen LogP contribution in [-0.4, -0.2) is 19.1 Å². The van der Waals surface area contributed by atoms with Crippen LogP contribution in [0.1, 0.15) is 38.7 Å². The van der Waals surface area contributed by atoms with Crippen LogP contribution in [0.25, 0.3) is 0 Å². The zero-order chi connectivity index (χ0) is 18.6. The lowest BCUT2D eigenvalue weighted by Gasteiger charge is -2.40. The third kappa shape index (κ3) is 3.65. The second-order valence-corrected chi connectivity index (χ2v) is 6.86. The highest BCUT2D eigenvalue weighted by Crippen LogP contribution is 2.45. The number of rotatable bonds is 7. The van der Waals surface area contributed by atoms with Gasteiger partial charge < -0.3 is 14.8 Å². The lowest BCUT2D eigenvalue weighted by atomic mass is 9.64. The molecular formula is C21H24ClNO3. The summed E-state index contributed by atoms with van der Waals surface area (Å²) in [4.78, 5) is 13.2. The Bertz CT molecular complexity index is 787. The Kier molecular flexibility index (Phi) is 5.72. The number of ether oxygens (including phenoxy) is 2. The minimum absolute atomic E-state index is 0.0272. The van der Waals surface area contributed by atoms with E-state index in [-0.39, 0.29) is 5.91 Å². The summed E-state index contributed by atoms with van der Waals surface area (Å²) >= 11 is 6.15. The summed E-state index contributed by atoms with van der Waals surface area (Å²) in [5, 5.41) is 3.72. The molecule has 0 bridgehead atoms. The van der Waals surface area contributed by atoms with E-state index in [1.54, 1.807) is 0 Å². The molecule has 0 spiro atoms.